The Bertz CT molecular complexity index is 1000. The van der Waals surface area contributed by atoms with Crippen molar-refractivity contribution in [2.75, 3.05) is 20.6 Å². The second-order valence-corrected chi connectivity index (χ2v) is 9.66. The predicted molar refractivity (Wildman–Crippen MR) is 121 cm³/mol. The second-order valence-electron chi connectivity index (χ2n) is 7.62. The van der Waals surface area contributed by atoms with E-state index in [0.29, 0.717) is 6.42 Å². The van der Waals surface area contributed by atoms with E-state index in [1.54, 1.807) is 12.1 Å². The van der Waals surface area contributed by atoms with Gasteiger partial charge in [-0.2, -0.15) is 4.31 Å². The predicted octanol–water partition coefficient (Wildman–Crippen LogP) is 2.48. The lowest BCUT2D eigenvalue weighted by Crippen LogP contribution is -2.51. The summed E-state index contributed by atoms with van der Waals surface area (Å²) in [5.41, 5.74) is 2.90. The molecule has 0 aliphatic rings. The molecule has 1 atom stereocenters. The summed E-state index contributed by atoms with van der Waals surface area (Å²) in [5, 5.41) is 2.60. The maximum Gasteiger partial charge on any atom is 0.243 e. The number of nitrogens with zero attached hydrogens (tertiary/aromatic N) is 2. The van der Waals surface area contributed by atoms with Gasteiger partial charge in [-0.1, -0.05) is 54.4 Å². The van der Waals surface area contributed by atoms with Gasteiger partial charge in [0.2, 0.25) is 21.8 Å². The largest absolute Gasteiger partial charge is 0.357 e. The van der Waals surface area contributed by atoms with Crippen LogP contribution in [0.5, 0.6) is 0 Å². The molecule has 0 heterocycles. The lowest BCUT2D eigenvalue weighted by atomic mass is 10.1. The third-order valence-electron chi connectivity index (χ3n) is 5.19. The second kappa shape index (κ2) is 10.5. The third kappa shape index (κ3) is 6.15. The zero-order valence-electron chi connectivity index (χ0n) is 18.8. The average molecular weight is 446 g/mol. The molecule has 2 aromatic carbocycles. The van der Waals surface area contributed by atoms with Gasteiger partial charge in [0.1, 0.15) is 6.04 Å². The molecule has 8 heteroatoms. The number of carbonyl (C=O) groups is 2. The Morgan fingerprint density at radius 2 is 1.48 bits per heavy atom. The monoisotopic (exact) mass is 445 g/mol. The van der Waals surface area contributed by atoms with Crippen LogP contribution in [0.3, 0.4) is 0 Å². The average Bonchev–Trinajstić information content (AvgIpc) is 2.74. The summed E-state index contributed by atoms with van der Waals surface area (Å²) in [7, 11) is -0.941. The molecule has 0 fully saturated rings. The topological polar surface area (TPSA) is 86.8 Å². The highest BCUT2D eigenvalue weighted by molar-refractivity contribution is 7.89. The minimum atomic E-state index is -3.84. The van der Waals surface area contributed by atoms with Crippen LogP contribution in [0.1, 0.15) is 30.0 Å². The Morgan fingerprint density at radius 1 is 0.968 bits per heavy atom. The van der Waals surface area contributed by atoms with Crippen LogP contribution in [0.15, 0.2) is 53.4 Å². The van der Waals surface area contributed by atoms with E-state index in [0.717, 1.165) is 21.0 Å². The van der Waals surface area contributed by atoms with E-state index in [-0.39, 0.29) is 23.9 Å². The van der Waals surface area contributed by atoms with Gasteiger partial charge in [-0.15, -0.1) is 0 Å². The van der Waals surface area contributed by atoms with Crippen molar-refractivity contribution >= 4 is 21.8 Å². The molecular weight excluding hydrogens is 414 g/mol. The van der Waals surface area contributed by atoms with Gasteiger partial charge in [0.25, 0.3) is 0 Å². The van der Waals surface area contributed by atoms with E-state index in [4.69, 9.17) is 0 Å². The molecule has 0 bridgehead atoms. The van der Waals surface area contributed by atoms with Crippen LogP contribution in [-0.2, 0) is 26.2 Å². The summed E-state index contributed by atoms with van der Waals surface area (Å²) in [6, 6.07) is 13.5. The molecule has 2 amide bonds. The number of hydrogen-bond acceptors (Lipinski definition) is 4. The number of likely N-dealkylation sites (N-methyl/N-ethyl adjacent to an activating group) is 2. The Balaban J connectivity index is 2.29. The minimum absolute atomic E-state index is 0.122. The molecule has 0 unspecified atom stereocenters. The van der Waals surface area contributed by atoms with Crippen LogP contribution in [-0.4, -0.2) is 56.1 Å². The van der Waals surface area contributed by atoms with E-state index >= 15 is 0 Å². The molecule has 0 saturated heterocycles. The molecule has 0 aromatic heterocycles. The number of amides is 2. The Kier molecular flexibility index (Phi) is 8.36. The van der Waals surface area contributed by atoms with Crippen molar-refractivity contribution in [3.05, 3.63) is 65.2 Å². The van der Waals surface area contributed by atoms with E-state index < -0.39 is 22.0 Å². The first-order valence-electron chi connectivity index (χ1n) is 10.2. The lowest BCUT2D eigenvalue weighted by molar-refractivity contribution is -0.141. The Hall–Kier alpha value is -2.71. The number of benzene rings is 2. The Labute approximate surface area is 185 Å². The minimum Gasteiger partial charge on any atom is -0.357 e. The van der Waals surface area contributed by atoms with Crippen LogP contribution in [0.2, 0.25) is 0 Å². The number of rotatable bonds is 9. The van der Waals surface area contributed by atoms with Gasteiger partial charge in [-0.05, 0) is 38.0 Å². The van der Waals surface area contributed by atoms with Crippen LogP contribution < -0.4 is 5.32 Å². The van der Waals surface area contributed by atoms with Crippen molar-refractivity contribution in [2.24, 2.45) is 0 Å². The zero-order chi connectivity index (χ0) is 23.2. The molecule has 168 valence electrons. The van der Waals surface area contributed by atoms with Crippen molar-refractivity contribution in [1.82, 2.24) is 14.5 Å². The molecule has 7 nitrogen and oxygen atoms in total. The lowest BCUT2D eigenvalue weighted by Gasteiger charge is -2.31. The van der Waals surface area contributed by atoms with Crippen LogP contribution in [0.25, 0.3) is 0 Å². The molecule has 0 spiro atoms. The van der Waals surface area contributed by atoms with Crippen molar-refractivity contribution < 1.29 is 18.0 Å². The summed E-state index contributed by atoms with van der Waals surface area (Å²) < 4.78 is 26.8. The smallest absolute Gasteiger partial charge is 0.243 e. The molecule has 0 radical (unpaired) electrons. The fraction of sp³-hybridized carbons (Fsp3) is 0.391. The van der Waals surface area contributed by atoms with Crippen molar-refractivity contribution in [3.63, 3.8) is 0 Å². The number of nitrogens with one attached hydrogen (secondary N) is 1. The van der Waals surface area contributed by atoms with E-state index in [2.05, 4.69) is 5.32 Å². The molecule has 0 aliphatic carbocycles. The highest BCUT2D eigenvalue weighted by atomic mass is 32.2. The molecule has 2 aromatic rings. The zero-order valence-corrected chi connectivity index (χ0v) is 19.6. The first kappa shape index (κ1) is 24.6. The van der Waals surface area contributed by atoms with Crippen LogP contribution in [0.4, 0.5) is 0 Å². The summed E-state index contributed by atoms with van der Waals surface area (Å²) in [5.74, 6) is -0.721. The number of hydrogen-bond donors (Lipinski definition) is 1. The van der Waals surface area contributed by atoms with Crippen molar-refractivity contribution in [1.29, 1.82) is 0 Å². The molecule has 31 heavy (non-hydrogen) atoms. The first-order chi connectivity index (χ1) is 14.6. The summed E-state index contributed by atoms with van der Waals surface area (Å²) >= 11 is 0. The maximum absolute atomic E-state index is 13.2. The first-order valence-corrected chi connectivity index (χ1v) is 11.6. The van der Waals surface area contributed by atoms with E-state index in [1.807, 2.05) is 45.0 Å². The van der Waals surface area contributed by atoms with Gasteiger partial charge in [-0.3, -0.25) is 9.59 Å². The number of sulfonamides is 1. The molecule has 2 rings (SSSR count). The van der Waals surface area contributed by atoms with Crippen molar-refractivity contribution in [3.8, 4) is 0 Å². The highest BCUT2D eigenvalue weighted by Gasteiger charge is 2.31. The molecule has 1 N–H and O–H groups in total. The van der Waals surface area contributed by atoms with Crippen LogP contribution in [0, 0.1) is 13.8 Å². The fourth-order valence-electron chi connectivity index (χ4n) is 3.23. The van der Waals surface area contributed by atoms with Gasteiger partial charge >= 0.3 is 0 Å². The SMILES string of the molecule is CC[C@@H](C(=O)NC)N(Cc1ccc(C)cc1)C(=O)CN(C)S(=O)(=O)c1ccc(C)cc1. The van der Waals surface area contributed by atoms with E-state index in [1.165, 1.54) is 31.1 Å². The molecule has 0 saturated carbocycles. The van der Waals surface area contributed by atoms with Gasteiger partial charge in [-0.25, -0.2) is 8.42 Å². The number of carbonyl (C=O) groups excluding carboxylic acids is 2. The Morgan fingerprint density at radius 3 is 1.97 bits per heavy atom. The summed E-state index contributed by atoms with van der Waals surface area (Å²) in [6.07, 6.45) is 0.408. The third-order valence-corrected chi connectivity index (χ3v) is 7.01. The standard InChI is InChI=1S/C23H31N3O4S/c1-6-21(23(28)24-4)26(15-19-11-7-17(2)8-12-19)22(27)16-25(5)31(29,30)20-13-9-18(3)10-14-20/h7-14,21H,6,15-16H2,1-5H3,(H,24,28)/t21-/m0/s1. The quantitative estimate of drug-likeness (QED) is 0.642. The van der Waals surface area contributed by atoms with E-state index in [9.17, 15) is 18.0 Å². The normalized spacial score (nSPS) is 12.5. The molecule has 0 aliphatic heterocycles. The number of aryl methyl sites for hydroxylation is 2. The van der Waals surface area contributed by atoms with Gasteiger partial charge < -0.3 is 10.2 Å². The molecular formula is C23H31N3O4S. The summed E-state index contributed by atoms with van der Waals surface area (Å²) in [6.45, 7) is 5.51. The van der Waals surface area contributed by atoms with Gasteiger partial charge in [0.15, 0.2) is 0 Å². The van der Waals surface area contributed by atoms with Crippen molar-refractivity contribution in [2.45, 2.75) is 44.7 Å². The fourth-order valence-corrected chi connectivity index (χ4v) is 4.35. The summed E-state index contributed by atoms with van der Waals surface area (Å²) in [4.78, 5) is 27.2. The van der Waals surface area contributed by atoms with Gasteiger partial charge in [0.05, 0.1) is 11.4 Å². The highest BCUT2D eigenvalue weighted by Crippen LogP contribution is 2.17. The van der Waals surface area contributed by atoms with Gasteiger partial charge in [0, 0.05) is 20.6 Å². The van der Waals surface area contributed by atoms with Crippen LogP contribution >= 0.6 is 0 Å². The maximum atomic E-state index is 13.2.